The third-order valence-electron chi connectivity index (χ3n) is 3.22. The maximum absolute atomic E-state index is 10.8. The van der Waals surface area contributed by atoms with Crippen LogP contribution < -0.4 is 4.74 Å². The number of aromatic carboxylic acids is 1. The number of carbonyl (C=O) groups is 1. The van der Waals surface area contributed by atoms with Crippen molar-refractivity contribution >= 4 is 5.97 Å². The number of unbranched alkanes of at least 4 members (excludes halogenated alkanes) is 3. The maximum atomic E-state index is 10.8. The van der Waals surface area contributed by atoms with Gasteiger partial charge in [0.05, 0.1) is 12.3 Å². The van der Waals surface area contributed by atoms with Crippen molar-refractivity contribution in [3.8, 4) is 17.0 Å². The van der Waals surface area contributed by atoms with Crippen LogP contribution in [0.3, 0.4) is 0 Å². The average molecular weight is 288 g/mol. The van der Waals surface area contributed by atoms with Gasteiger partial charge >= 0.3 is 5.97 Å². The Labute approximate surface area is 124 Å². The van der Waals surface area contributed by atoms with Crippen LogP contribution in [0.1, 0.15) is 43.1 Å². The number of aromatic amines is 1. The average Bonchev–Trinajstić information content (AvgIpc) is 2.98. The molecule has 0 unspecified atom stereocenters. The lowest BCUT2D eigenvalue weighted by atomic mass is 10.1. The largest absolute Gasteiger partial charge is 0.494 e. The molecule has 1 aromatic carbocycles. The molecule has 5 nitrogen and oxygen atoms in total. The lowest BCUT2D eigenvalue weighted by Crippen LogP contribution is -1.96. The first-order valence-corrected chi connectivity index (χ1v) is 7.22. The summed E-state index contributed by atoms with van der Waals surface area (Å²) in [6.45, 7) is 2.91. The van der Waals surface area contributed by atoms with E-state index in [9.17, 15) is 4.79 Å². The molecule has 0 saturated carbocycles. The van der Waals surface area contributed by atoms with E-state index in [1.807, 2.05) is 24.3 Å². The minimum absolute atomic E-state index is 0.0845. The van der Waals surface area contributed by atoms with Crippen LogP contribution in [0, 0.1) is 0 Å². The molecule has 112 valence electrons. The van der Waals surface area contributed by atoms with Gasteiger partial charge in [-0.05, 0) is 36.8 Å². The van der Waals surface area contributed by atoms with Gasteiger partial charge in [0.1, 0.15) is 11.4 Å². The van der Waals surface area contributed by atoms with E-state index >= 15 is 0 Å². The Kier molecular flexibility index (Phi) is 5.37. The zero-order valence-electron chi connectivity index (χ0n) is 12.1. The third-order valence-corrected chi connectivity index (χ3v) is 3.22. The van der Waals surface area contributed by atoms with Crippen molar-refractivity contribution in [1.82, 2.24) is 10.2 Å². The zero-order chi connectivity index (χ0) is 15.1. The molecule has 0 fully saturated rings. The summed E-state index contributed by atoms with van der Waals surface area (Å²) in [4.78, 5) is 10.8. The molecule has 2 aromatic rings. The van der Waals surface area contributed by atoms with E-state index in [2.05, 4.69) is 17.1 Å². The van der Waals surface area contributed by atoms with Gasteiger partial charge in [-0.15, -0.1) is 0 Å². The predicted octanol–water partition coefficient (Wildman–Crippen LogP) is 3.73. The lowest BCUT2D eigenvalue weighted by Gasteiger charge is -2.06. The molecule has 0 atom stereocenters. The van der Waals surface area contributed by atoms with Gasteiger partial charge in [0.15, 0.2) is 0 Å². The Morgan fingerprint density at radius 1 is 1.24 bits per heavy atom. The van der Waals surface area contributed by atoms with Crippen molar-refractivity contribution in [2.24, 2.45) is 0 Å². The highest BCUT2D eigenvalue weighted by Gasteiger charge is 2.09. The van der Waals surface area contributed by atoms with Crippen LogP contribution in [0.4, 0.5) is 0 Å². The number of carboxylic acids is 1. The number of ether oxygens (including phenoxy) is 1. The number of hydrogen-bond donors (Lipinski definition) is 2. The first-order valence-electron chi connectivity index (χ1n) is 7.22. The molecule has 0 aliphatic heterocycles. The van der Waals surface area contributed by atoms with Crippen LogP contribution in [-0.2, 0) is 0 Å². The topological polar surface area (TPSA) is 75.2 Å². The first-order chi connectivity index (χ1) is 10.2. The molecule has 5 heteroatoms. The van der Waals surface area contributed by atoms with E-state index in [1.54, 1.807) is 0 Å². The quantitative estimate of drug-likeness (QED) is 0.726. The van der Waals surface area contributed by atoms with Gasteiger partial charge in [-0.1, -0.05) is 26.2 Å². The Morgan fingerprint density at radius 2 is 2.00 bits per heavy atom. The Morgan fingerprint density at radius 3 is 2.62 bits per heavy atom. The maximum Gasteiger partial charge on any atom is 0.353 e. The number of nitrogens with zero attached hydrogens (tertiary/aromatic N) is 1. The number of nitrogens with one attached hydrogen (secondary N) is 1. The first kappa shape index (κ1) is 15.1. The fourth-order valence-electron chi connectivity index (χ4n) is 2.02. The van der Waals surface area contributed by atoms with Crippen LogP contribution in [0.5, 0.6) is 5.75 Å². The second-order valence-electron chi connectivity index (χ2n) is 4.91. The van der Waals surface area contributed by atoms with Gasteiger partial charge in [0, 0.05) is 5.56 Å². The van der Waals surface area contributed by atoms with E-state index in [0.29, 0.717) is 5.69 Å². The van der Waals surface area contributed by atoms with E-state index in [-0.39, 0.29) is 5.69 Å². The number of aromatic nitrogens is 2. The number of carboxylic acid groups (broad SMARTS) is 1. The Balaban J connectivity index is 1.90. The van der Waals surface area contributed by atoms with Crippen molar-refractivity contribution in [3.05, 3.63) is 36.0 Å². The van der Waals surface area contributed by atoms with Gasteiger partial charge in [0.25, 0.3) is 0 Å². The number of hydrogen-bond acceptors (Lipinski definition) is 3. The molecule has 0 saturated heterocycles. The fourth-order valence-corrected chi connectivity index (χ4v) is 2.02. The van der Waals surface area contributed by atoms with E-state index in [4.69, 9.17) is 9.84 Å². The molecule has 21 heavy (non-hydrogen) atoms. The van der Waals surface area contributed by atoms with Gasteiger partial charge in [-0.2, -0.15) is 5.10 Å². The van der Waals surface area contributed by atoms with E-state index in [0.717, 1.165) is 24.3 Å². The van der Waals surface area contributed by atoms with Crippen LogP contribution in [0.15, 0.2) is 30.3 Å². The summed E-state index contributed by atoms with van der Waals surface area (Å²) < 4.78 is 5.66. The molecule has 0 aliphatic rings. The van der Waals surface area contributed by atoms with Crippen molar-refractivity contribution in [3.63, 3.8) is 0 Å². The van der Waals surface area contributed by atoms with E-state index < -0.39 is 5.97 Å². The van der Waals surface area contributed by atoms with Crippen LogP contribution in [0.2, 0.25) is 0 Å². The molecule has 2 rings (SSSR count). The normalized spacial score (nSPS) is 10.5. The predicted molar refractivity (Wildman–Crippen MR) is 80.6 cm³/mol. The van der Waals surface area contributed by atoms with Crippen LogP contribution in [-0.4, -0.2) is 27.9 Å². The second kappa shape index (κ2) is 7.47. The second-order valence-corrected chi connectivity index (χ2v) is 4.91. The summed E-state index contributed by atoms with van der Waals surface area (Å²) in [5.41, 5.74) is 1.56. The molecular weight excluding hydrogens is 268 g/mol. The molecule has 2 N–H and O–H groups in total. The summed E-state index contributed by atoms with van der Waals surface area (Å²) in [6, 6.07) is 9.03. The number of rotatable bonds is 8. The van der Waals surface area contributed by atoms with Crippen molar-refractivity contribution < 1.29 is 14.6 Å². The van der Waals surface area contributed by atoms with Gasteiger partial charge < -0.3 is 9.84 Å². The number of benzene rings is 1. The molecule has 0 radical (unpaired) electrons. The highest BCUT2D eigenvalue weighted by Crippen LogP contribution is 2.21. The highest BCUT2D eigenvalue weighted by atomic mass is 16.5. The monoisotopic (exact) mass is 288 g/mol. The summed E-state index contributed by atoms with van der Waals surface area (Å²) in [5.74, 6) is -0.190. The van der Waals surface area contributed by atoms with Gasteiger partial charge in [0.2, 0.25) is 0 Å². The smallest absolute Gasteiger partial charge is 0.353 e. The van der Waals surface area contributed by atoms with Crippen molar-refractivity contribution in [1.29, 1.82) is 0 Å². The fraction of sp³-hybridized carbons (Fsp3) is 0.375. The van der Waals surface area contributed by atoms with Crippen molar-refractivity contribution in [2.75, 3.05) is 6.61 Å². The molecule has 0 bridgehead atoms. The number of H-pyrrole nitrogens is 1. The Bertz CT molecular complexity index is 575. The minimum atomic E-state index is -1.01. The summed E-state index contributed by atoms with van der Waals surface area (Å²) in [7, 11) is 0. The molecule has 0 spiro atoms. The van der Waals surface area contributed by atoms with Crippen LogP contribution in [0.25, 0.3) is 11.3 Å². The summed E-state index contributed by atoms with van der Waals surface area (Å²) in [5, 5.41) is 15.3. The van der Waals surface area contributed by atoms with Gasteiger partial charge in [-0.3, -0.25) is 5.10 Å². The zero-order valence-corrected chi connectivity index (χ0v) is 12.1. The lowest BCUT2D eigenvalue weighted by molar-refractivity contribution is 0.0690. The highest BCUT2D eigenvalue weighted by molar-refractivity contribution is 5.86. The molecule has 0 amide bonds. The SMILES string of the molecule is CCCCCCOc1ccc(-c2cc(C(=O)O)[nH]n2)cc1. The molecule has 1 aromatic heterocycles. The third kappa shape index (κ3) is 4.34. The Hall–Kier alpha value is -2.30. The van der Waals surface area contributed by atoms with Crippen molar-refractivity contribution in [2.45, 2.75) is 32.6 Å². The summed E-state index contributed by atoms with van der Waals surface area (Å²) >= 11 is 0. The van der Waals surface area contributed by atoms with Gasteiger partial charge in [-0.25, -0.2) is 4.79 Å². The molecule has 1 heterocycles. The van der Waals surface area contributed by atoms with E-state index in [1.165, 1.54) is 25.3 Å². The minimum Gasteiger partial charge on any atom is -0.494 e. The summed E-state index contributed by atoms with van der Waals surface area (Å²) in [6.07, 6.45) is 4.72. The molecule has 0 aliphatic carbocycles. The van der Waals surface area contributed by atoms with Crippen LogP contribution >= 0.6 is 0 Å². The molecular formula is C16H20N2O3. The standard InChI is InChI=1S/C16H20N2O3/c1-2-3-4-5-10-21-13-8-6-12(7-9-13)14-11-15(16(19)20)18-17-14/h6-9,11H,2-5,10H2,1H3,(H,17,18)(H,19,20).